The number of esters is 1. The molecule has 1 aromatic carbocycles. The van der Waals surface area contributed by atoms with E-state index in [-0.39, 0.29) is 12.2 Å². The van der Waals surface area contributed by atoms with Crippen LogP contribution in [0.15, 0.2) is 18.2 Å². The Hall–Kier alpha value is -1.63. The number of nitrogens with two attached hydrogens (primary N) is 1. The quantitative estimate of drug-likeness (QED) is 0.681. The fourth-order valence-corrected chi connectivity index (χ4v) is 1.61. The predicted molar refractivity (Wildman–Crippen MR) is 59.6 cm³/mol. The van der Waals surface area contributed by atoms with E-state index in [1.807, 2.05) is 0 Å². The molecule has 0 aliphatic carbocycles. The molecule has 0 aliphatic heterocycles. The van der Waals surface area contributed by atoms with Crippen LogP contribution in [-0.2, 0) is 15.7 Å². The molecule has 106 valence electrons. The van der Waals surface area contributed by atoms with Crippen LogP contribution in [-0.4, -0.2) is 12.6 Å². The molecule has 1 aromatic rings. The molecule has 19 heavy (non-hydrogen) atoms. The normalized spacial score (nSPS) is 13.2. The van der Waals surface area contributed by atoms with Crippen molar-refractivity contribution in [3.05, 3.63) is 35.1 Å². The van der Waals surface area contributed by atoms with Gasteiger partial charge in [0.1, 0.15) is 5.82 Å². The lowest BCUT2D eigenvalue weighted by atomic mass is 9.98. The van der Waals surface area contributed by atoms with Gasteiger partial charge in [-0.2, -0.15) is 13.2 Å². The lowest BCUT2D eigenvalue weighted by Crippen LogP contribution is -2.21. The molecule has 0 aliphatic rings. The Kier molecular flexibility index (Phi) is 4.88. The zero-order valence-corrected chi connectivity index (χ0v) is 10.1. The Morgan fingerprint density at radius 2 is 2.05 bits per heavy atom. The number of carbonyl (C=O) groups is 1. The first-order valence-corrected chi connectivity index (χ1v) is 5.53. The van der Waals surface area contributed by atoms with Crippen LogP contribution >= 0.6 is 0 Å². The third-order valence-corrected chi connectivity index (χ3v) is 2.41. The van der Waals surface area contributed by atoms with Crippen molar-refractivity contribution < 1.29 is 27.1 Å². The van der Waals surface area contributed by atoms with Crippen LogP contribution in [0.1, 0.15) is 30.5 Å². The van der Waals surface area contributed by atoms with Crippen LogP contribution in [0.3, 0.4) is 0 Å². The van der Waals surface area contributed by atoms with Crippen molar-refractivity contribution in [3.8, 4) is 0 Å². The van der Waals surface area contributed by atoms with Gasteiger partial charge in [-0.3, -0.25) is 4.79 Å². The van der Waals surface area contributed by atoms with Gasteiger partial charge in [-0.25, -0.2) is 4.39 Å². The Labute approximate surface area is 107 Å². The minimum Gasteiger partial charge on any atom is -0.466 e. The van der Waals surface area contributed by atoms with E-state index in [4.69, 9.17) is 5.73 Å². The lowest BCUT2D eigenvalue weighted by Gasteiger charge is -2.17. The van der Waals surface area contributed by atoms with Crippen LogP contribution < -0.4 is 5.73 Å². The van der Waals surface area contributed by atoms with E-state index >= 15 is 0 Å². The molecule has 0 fully saturated rings. The molecule has 0 unspecified atom stereocenters. The van der Waals surface area contributed by atoms with E-state index in [2.05, 4.69) is 4.74 Å². The number of benzene rings is 1. The topological polar surface area (TPSA) is 52.3 Å². The lowest BCUT2D eigenvalue weighted by molar-refractivity contribution is -0.144. The molecule has 0 bridgehead atoms. The molecule has 7 heteroatoms. The van der Waals surface area contributed by atoms with Gasteiger partial charge >= 0.3 is 12.1 Å². The van der Waals surface area contributed by atoms with Crippen molar-refractivity contribution in [2.45, 2.75) is 25.6 Å². The van der Waals surface area contributed by atoms with Crippen molar-refractivity contribution in [2.24, 2.45) is 5.73 Å². The van der Waals surface area contributed by atoms with Gasteiger partial charge in [-0.05, 0) is 24.6 Å². The zero-order chi connectivity index (χ0) is 14.6. The summed E-state index contributed by atoms with van der Waals surface area (Å²) < 4.78 is 55.7. The second-order valence-electron chi connectivity index (χ2n) is 3.84. The molecule has 0 aromatic heterocycles. The van der Waals surface area contributed by atoms with E-state index in [9.17, 15) is 22.4 Å². The maximum Gasteiger partial charge on any atom is 0.416 e. The highest BCUT2D eigenvalue weighted by Gasteiger charge is 2.35. The standard InChI is InChI=1S/C12H13F4NO2/c1-2-19-11(18)6-10(17)8-4-3-7(13)5-9(8)12(14,15)16/h3-5,10H,2,6,17H2,1H3/t10-/m0/s1. The number of rotatable bonds is 4. The van der Waals surface area contributed by atoms with Gasteiger partial charge in [0.05, 0.1) is 18.6 Å². The molecule has 0 spiro atoms. The highest BCUT2D eigenvalue weighted by atomic mass is 19.4. The van der Waals surface area contributed by atoms with E-state index in [1.165, 1.54) is 0 Å². The fourth-order valence-electron chi connectivity index (χ4n) is 1.61. The Balaban J connectivity index is 3.02. The molecule has 0 heterocycles. The third kappa shape index (κ3) is 4.20. The summed E-state index contributed by atoms with van der Waals surface area (Å²) in [6.07, 6.45) is -5.13. The van der Waals surface area contributed by atoms with Crippen LogP contribution in [0.25, 0.3) is 0 Å². The van der Waals surface area contributed by atoms with Gasteiger partial charge in [0.2, 0.25) is 0 Å². The molecule has 1 rings (SSSR count). The van der Waals surface area contributed by atoms with E-state index in [0.29, 0.717) is 6.07 Å². The molecule has 2 N–H and O–H groups in total. The molecule has 1 atom stereocenters. The van der Waals surface area contributed by atoms with Gasteiger partial charge in [-0.1, -0.05) is 6.07 Å². The SMILES string of the molecule is CCOC(=O)C[C@H](N)c1ccc(F)cc1C(F)(F)F. The first-order chi connectivity index (χ1) is 8.75. The second-order valence-corrected chi connectivity index (χ2v) is 3.84. The van der Waals surface area contributed by atoms with Crippen molar-refractivity contribution in [2.75, 3.05) is 6.61 Å². The summed E-state index contributed by atoms with van der Waals surface area (Å²) in [5.74, 6) is -1.72. The van der Waals surface area contributed by atoms with Crippen molar-refractivity contribution in [1.82, 2.24) is 0 Å². The molecule has 0 radical (unpaired) electrons. The fraction of sp³-hybridized carbons (Fsp3) is 0.417. The van der Waals surface area contributed by atoms with Crippen LogP contribution in [0.4, 0.5) is 17.6 Å². The number of halogens is 4. The Morgan fingerprint density at radius 3 is 2.58 bits per heavy atom. The number of ether oxygens (including phenoxy) is 1. The number of hydrogen-bond acceptors (Lipinski definition) is 3. The summed E-state index contributed by atoms with van der Waals surface area (Å²) in [5, 5.41) is 0. The first kappa shape index (κ1) is 15.4. The summed E-state index contributed by atoms with van der Waals surface area (Å²) in [4.78, 5) is 11.2. The van der Waals surface area contributed by atoms with Crippen molar-refractivity contribution in [3.63, 3.8) is 0 Å². The Bertz CT molecular complexity index is 460. The zero-order valence-electron chi connectivity index (χ0n) is 10.1. The average molecular weight is 279 g/mol. The van der Waals surface area contributed by atoms with Gasteiger partial charge in [0.15, 0.2) is 0 Å². The van der Waals surface area contributed by atoms with Crippen LogP contribution in [0.5, 0.6) is 0 Å². The highest BCUT2D eigenvalue weighted by molar-refractivity contribution is 5.70. The minimum absolute atomic E-state index is 0.112. The monoisotopic (exact) mass is 279 g/mol. The largest absolute Gasteiger partial charge is 0.466 e. The summed E-state index contributed by atoms with van der Waals surface area (Å²) in [7, 11) is 0. The van der Waals surface area contributed by atoms with E-state index < -0.39 is 36.0 Å². The number of carbonyl (C=O) groups excluding carboxylic acids is 1. The summed E-state index contributed by atoms with van der Waals surface area (Å²) in [6.45, 7) is 1.68. The summed E-state index contributed by atoms with van der Waals surface area (Å²) in [5.41, 5.74) is 4.04. The van der Waals surface area contributed by atoms with Crippen LogP contribution in [0.2, 0.25) is 0 Å². The van der Waals surface area contributed by atoms with E-state index in [1.54, 1.807) is 6.92 Å². The van der Waals surface area contributed by atoms with Gasteiger partial charge in [0.25, 0.3) is 0 Å². The van der Waals surface area contributed by atoms with E-state index in [0.717, 1.165) is 12.1 Å². The smallest absolute Gasteiger partial charge is 0.416 e. The molecule has 0 amide bonds. The second kappa shape index (κ2) is 6.01. The molecule has 3 nitrogen and oxygen atoms in total. The molecular weight excluding hydrogens is 266 g/mol. The minimum atomic E-state index is -4.73. The van der Waals surface area contributed by atoms with Gasteiger partial charge in [-0.15, -0.1) is 0 Å². The highest BCUT2D eigenvalue weighted by Crippen LogP contribution is 2.35. The molecule has 0 saturated carbocycles. The van der Waals surface area contributed by atoms with Gasteiger partial charge < -0.3 is 10.5 Å². The number of hydrogen-bond donors (Lipinski definition) is 1. The Morgan fingerprint density at radius 1 is 1.42 bits per heavy atom. The van der Waals surface area contributed by atoms with Gasteiger partial charge in [0, 0.05) is 6.04 Å². The average Bonchev–Trinajstić information content (AvgIpc) is 2.27. The van der Waals surface area contributed by atoms with Crippen molar-refractivity contribution >= 4 is 5.97 Å². The maximum absolute atomic E-state index is 12.9. The van der Waals surface area contributed by atoms with Crippen molar-refractivity contribution in [1.29, 1.82) is 0 Å². The third-order valence-electron chi connectivity index (χ3n) is 2.41. The number of alkyl halides is 3. The molecular formula is C12H13F4NO2. The maximum atomic E-state index is 12.9. The summed E-state index contributed by atoms with van der Waals surface area (Å²) in [6, 6.07) is 0.967. The molecule has 0 saturated heterocycles. The first-order valence-electron chi connectivity index (χ1n) is 5.53. The summed E-state index contributed by atoms with van der Waals surface area (Å²) >= 11 is 0. The van der Waals surface area contributed by atoms with Crippen LogP contribution in [0, 0.1) is 5.82 Å². The predicted octanol–water partition coefficient (Wildman–Crippen LogP) is 2.80.